The number of hydrogen-bond donors (Lipinski definition) is 2. The Morgan fingerprint density at radius 3 is 3.19 bits per heavy atom. The summed E-state index contributed by atoms with van der Waals surface area (Å²) in [6.07, 6.45) is 2.98. The molecule has 1 fully saturated rings. The summed E-state index contributed by atoms with van der Waals surface area (Å²) in [5.74, 6) is 0. The molecule has 1 atom stereocenters. The van der Waals surface area contributed by atoms with Crippen LogP contribution in [0.25, 0.3) is 0 Å². The van der Waals surface area contributed by atoms with Crippen LogP contribution >= 0.6 is 11.3 Å². The molecular weight excluding hydrogens is 226 g/mol. The van der Waals surface area contributed by atoms with Crippen molar-refractivity contribution in [1.82, 2.24) is 9.88 Å². The van der Waals surface area contributed by atoms with Gasteiger partial charge in [0.05, 0.1) is 6.10 Å². The smallest absolute Gasteiger partial charge is 0.323 e. The van der Waals surface area contributed by atoms with Gasteiger partial charge in [-0.2, -0.15) is 0 Å². The van der Waals surface area contributed by atoms with Gasteiger partial charge in [-0.05, 0) is 12.8 Å². The average Bonchev–Trinajstić information content (AvgIpc) is 2.87. The Kier molecular flexibility index (Phi) is 3.40. The number of aryl methyl sites for hydroxylation is 1. The minimum atomic E-state index is -0.381. The first-order valence-corrected chi connectivity index (χ1v) is 6.19. The second-order valence-electron chi connectivity index (χ2n) is 3.80. The molecule has 2 N–H and O–H groups in total. The Labute approximate surface area is 98.1 Å². The van der Waals surface area contributed by atoms with Gasteiger partial charge in [0.15, 0.2) is 5.13 Å². The van der Waals surface area contributed by atoms with Gasteiger partial charge in [0.25, 0.3) is 0 Å². The van der Waals surface area contributed by atoms with Gasteiger partial charge in [0.1, 0.15) is 0 Å². The highest BCUT2D eigenvalue weighted by molar-refractivity contribution is 7.15. The van der Waals surface area contributed by atoms with Gasteiger partial charge >= 0.3 is 6.03 Å². The minimum absolute atomic E-state index is 0.173. The van der Waals surface area contributed by atoms with Crippen LogP contribution in [0, 0.1) is 0 Å². The van der Waals surface area contributed by atoms with Crippen LogP contribution in [-0.2, 0) is 6.42 Å². The van der Waals surface area contributed by atoms with Crippen molar-refractivity contribution >= 4 is 22.5 Å². The molecule has 0 bridgehead atoms. The Balaban J connectivity index is 1.91. The molecule has 1 aromatic rings. The van der Waals surface area contributed by atoms with Crippen molar-refractivity contribution in [1.29, 1.82) is 0 Å². The van der Waals surface area contributed by atoms with Crippen LogP contribution in [0.4, 0.5) is 9.93 Å². The topological polar surface area (TPSA) is 65.5 Å². The number of urea groups is 1. The number of amides is 2. The number of nitrogens with zero attached hydrogens (tertiary/aromatic N) is 2. The summed E-state index contributed by atoms with van der Waals surface area (Å²) in [7, 11) is 0. The Bertz CT molecular complexity index is 380. The number of aliphatic hydroxyl groups is 1. The maximum atomic E-state index is 11.7. The summed E-state index contributed by atoms with van der Waals surface area (Å²) in [4.78, 5) is 18.6. The van der Waals surface area contributed by atoms with E-state index >= 15 is 0 Å². The quantitative estimate of drug-likeness (QED) is 0.820. The molecule has 1 aliphatic rings. The normalized spacial score (nSPS) is 20.1. The fourth-order valence-corrected chi connectivity index (χ4v) is 2.37. The predicted molar refractivity (Wildman–Crippen MR) is 62.7 cm³/mol. The van der Waals surface area contributed by atoms with Crippen LogP contribution in [0.3, 0.4) is 0 Å². The van der Waals surface area contributed by atoms with E-state index in [4.69, 9.17) is 0 Å². The van der Waals surface area contributed by atoms with E-state index in [1.807, 2.05) is 0 Å². The number of anilines is 1. The third kappa shape index (κ3) is 2.51. The zero-order valence-corrected chi connectivity index (χ0v) is 9.96. The molecule has 16 heavy (non-hydrogen) atoms. The number of hydrogen-bond acceptors (Lipinski definition) is 4. The molecule has 5 nitrogen and oxygen atoms in total. The van der Waals surface area contributed by atoms with Gasteiger partial charge in [-0.1, -0.05) is 6.92 Å². The van der Waals surface area contributed by atoms with Gasteiger partial charge < -0.3 is 10.0 Å². The number of carbonyl (C=O) groups excluding carboxylic acids is 1. The lowest BCUT2D eigenvalue weighted by Crippen LogP contribution is -2.33. The highest BCUT2D eigenvalue weighted by Crippen LogP contribution is 2.19. The molecule has 88 valence electrons. The summed E-state index contributed by atoms with van der Waals surface area (Å²) in [6, 6.07) is -0.173. The standard InChI is InChI=1S/C10H15N3O2S/c1-2-8-5-11-9(16-8)12-10(15)13-4-3-7(14)6-13/h5,7,14H,2-4,6H2,1H3,(H,11,12,15). The lowest BCUT2D eigenvalue weighted by Gasteiger charge is -2.14. The van der Waals surface area contributed by atoms with Crippen LogP contribution in [0.1, 0.15) is 18.2 Å². The number of rotatable bonds is 2. The number of likely N-dealkylation sites (tertiary alicyclic amines) is 1. The van der Waals surface area contributed by atoms with Crippen LogP contribution < -0.4 is 5.32 Å². The van der Waals surface area contributed by atoms with Crippen molar-refractivity contribution in [2.24, 2.45) is 0 Å². The fourth-order valence-electron chi connectivity index (χ4n) is 1.63. The van der Waals surface area contributed by atoms with E-state index in [1.54, 1.807) is 11.1 Å². The lowest BCUT2D eigenvalue weighted by atomic mass is 10.3. The molecule has 0 aliphatic carbocycles. The number of β-amino-alcohol motifs (C(OH)–C–C–N with tert-alkyl or cyclic N) is 1. The molecule has 2 amide bonds. The molecule has 1 unspecified atom stereocenters. The molecule has 0 spiro atoms. The monoisotopic (exact) mass is 241 g/mol. The molecule has 6 heteroatoms. The van der Waals surface area contributed by atoms with Crippen LogP contribution in [-0.4, -0.2) is 40.2 Å². The SMILES string of the molecule is CCc1cnc(NC(=O)N2CCC(O)C2)s1. The van der Waals surface area contributed by atoms with E-state index in [0.717, 1.165) is 11.3 Å². The Morgan fingerprint density at radius 1 is 1.81 bits per heavy atom. The average molecular weight is 241 g/mol. The van der Waals surface area contributed by atoms with Crippen molar-refractivity contribution in [2.75, 3.05) is 18.4 Å². The molecule has 1 saturated heterocycles. The molecular formula is C10H15N3O2S. The van der Waals surface area contributed by atoms with Gasteiger partial charge in [0, 0.05) is 24.2 Å². The summed E-state index contributed by atoms with van der Waals surface area (Å²) in [5.41, 5.74) is 0. The number of thiazole rings is 1. The molecule has 1 aliphatic heterocycles. The highest BCUT2D eigenvalue weighted by atomic mass is 32.1. The zero-order valence-electron chi connectivity index (χ0n) is 9.14. The maximum absolute atomic E-state index is 11.7. The number of aromatic nitrogens is 1. The van der Waals surface area contributed by atoms with E-state index in [-0.39, 0.29) is 12.1 Å². The fraction of sp³-hybridized carbons (Fsp3) is 0.600. The van der Waals surface area contributed by atoms with E-state index in [0.29, 0.717) is 24.6 Å². The van der Waals surface area contributed by atoms with Crippen molar-refractivity contribution in [3.8, 4) is 0 Å². The Hall–Kier alpha value is -1.14. The van der Waals surface area contributed by atoms with Crippen LogP contribution in [0.15, 0.2) is 6.20 Å². The first kappa shape index (κ1) is 11.3. The van der Waals surface area contributed by atoms with Gasteiger partial charge in [-0.15, -0.1) is 11.3 Å². The van der Waals surface area contributed by atoms with Gasteiger partial charge in [0.2, 0.25) is 0 Å². The zero-order chi connectivity index (χ0) is 11.5. The third-order valence-electron chi connectivity index (χ3n) is 2.57. The molecule has 2 heterocycles. The van der Waals surface area contributed by atoms with E-state index in [9.17, 15) is 9.90 Å². The molecule has 1 aromatic heterocycles. The van der Waals surface area contributed by atoms with Crippen LogP contribution in [0.5, 0.6) is 0 Å². The molecule has 2 rings (SSSR count). The van der Waals surface area contributed by atoms with E-state index in [2.05, 4.69) is 17.2 Å². The summed E-state index contributed by atoms with van der Waals surface area (Å²) >= 11 is 1.49. The van der Waals surface area contributed by atoms with Crippen molar-refractivity contribution in [2.45, 2.75) is 25.9 Å². The van der Waals surface area contributed by atoms with Gasteiger partial charge in [-0.25, -0.2) is 9.78 Å². The summed E-state index contributed by atoms with van der Waals surface area (Å²) in [6.45, 7) is 3.08. The largest absolute Gasteiger partial charge is 0.391 e. The lowest BCUT2D eigenvalue weighted by molar-refractivity contribution is 0.176. The highest BCUT2D eigenvalue weighted by Gasteiger charge is 2.24. The Morgan fingerprint density at radius 2 is 2.62 bits per heavy atom. The van der Waals surface area contributed by atoms with Crippen molar-refractivity contribution in [3.63, 3.8) is 0 Å². The first-order valence-electron chi connectivity index (χ1n) is 5.37. The number of nitrogens with one attached hydrogen (secondary N) is 1. The molecule has 0 radical (unpaired) electrons. The van der Waals surface area contributed by atoms with Gasteiger partial charge in [-0.3, -0.25) is 5.32 Å². The minimum Gasteiger partial charge on any atom is -0.391 e. The summed E-state index contributed by atoms with van der Waals surface area (Å²) in [5, 5.41) is 12.7. The van der Waals surface area contributed by atoms with E-state index in [1.165, 1.54) is 11.3 Å². The van der Waals surface area contributed by atoms with Crippen molar-refractivity contribution in [3.05, 3.63) is 11.1 Å². The van der Waals surface area contributed by atoms with Crippen LogP contribution in [0.2, 0.25) is 0 Å². The van der Waals surface area contributed by atoms with Crippen molar-refractivity contribution < 1.29 is 9.90 Å². The maximum Gasteiger partial charge on any atom is 0.323 e. The third-order valence-corrected chi connectivity index (χ3v) is 3.62. The predicted octanol–water partition coefficient (Wildman–Crippen LogP) is 1.30. The second kappa shape index (κ2) is 4.80. The number of carbonyl (C=O) groups is 1. The number of aliphatic hydroxyl groups excluding tert-OH is 1. The summed E-state index contributed by atoms with van der Waals surface area (Å²) < 4.78 is 0. The molecule has 0 aromatic carbocycles. The second-order valence-corrected chi connectivity index (χ2v) is 4.92. The van der Waals surface area contributed by atoms with E-state index < -0.39 is 0 Å². The first-order chi connectivity index (χ1) is 7.69. The molecule has 0 saturated carbocycles.